The Labute approximate surface area is 246 Å². The van der Waals surface area contributed by atoms with Gasteiger partial charge in [-0.05, 0) is 59.3 Å². The summed E-state index contributed by atoms with van der Waals surface area (Å²) in [5.74, 6) is 0.676. The summed E-state index contributed by atoms with van der Waals surface area (Å²) in [6, 6.07) is 36.0. The number of hydrogen-bond donors (Lipinski definition) is 0. The molecule has 6 heteroatoms. The third-order valence-electron chi connectivity index (χ3n) is 8.23. The summed E-state index contributed by atoms with van der Waals surface area (Å²) in [7, 11) is 0. The molecule has 0 aliphatic rings. The molecule has 9 aromatic rings. The van der Waals surface area contributed by atoms with Gasteiger partial charge in [0.2, 0.25) is 0 Å². The van der Waals surface area contributed by atoms with Crippen molar-refractivity contribution in [3.05, 3.63) is 134 Å². The molecule has 4 aromatic heterocycles. The van der Waals surface area contributed by atoms with Crippen LogP contribution in [0.25, 0.3) is 82.7 Å². The van der Waals surface area contributed by atoms with Crippen LogP contribution in [0, 0.1) is 0 Å². The van der Waals surface area contributed by atoms with Crippen LogP contribution < -0.4 is 0 Å². The predicted octanol–water partition coefficient (Wildman–Crippen LogP) is 8.55. The summed E-state index contributed by atoms with van der Waals surface area (Å²) < 4.78 is 2.33. The molecule has 0 radical (unpaired) electrons. The molecule has 200 valence electrons. The van der Waals surface area contributed by atoms with Crippen molar-refractivity contribution in [1.82, 2.24) is 29.5 Å². The van der Waals surface area contributed by atoms with E-state index in [9.17, 15) is 0 Å². The lowest BCUT2D eigenvalue weighted by Crippen LogP contribution is -1.97. The topological polar surface area (TPSA) is 69.4 Å². The Morgan fingerprint density at radius 1 is 0.442 bits per heavy atom. The molecule has 0 saturated carbocycles. The van der Waals surface area contributed by atoms with Gasteiger partial charge in [-0.15, -0.1) is 0 Å². The van der Waals surface area contributed by atoms with Gasteiger partial charge < -0.3 is 4.57 Å². The van der Waals surface area contributed by atoms with Gasteiger partial charge in [-0.2, -0.15) is 0 Å². The molecule has 0 bridgehead atoms. The lowest BCUT2D eigenvalue weighted by Gasteiger charge is -2.12. The largest absolute Gasteiger partial charge is 0.309 e. The molecule has 43 heavy (non-hydrogen) atoms. The second-order valence-electron chi connectivity index (χ2n) is 10.6. The second kappa shape index (κ2) is 9.26. The Morgan fingerprint density at radius 3 is 2.07 bits per heavy atom. The number of benzene rings is 5. The Bertz CT molecular complexity index is 2520. The van der Waals surface area contributed by atoms with Gasteiger partial charge in [0.15, 0.2) is 5.82 Å². The molecule has 6 nitrogen and oxygen atoms in total. The van der Waals surface area contributed by atoms with Crippen molar-refractivity contribution in [2.24, 2.45) is 0 Å². The van der Waals surface area contributed by atoms with Crippen LogP contribution in [0.4, 0.5) is 0 Å². The first-order valence-corrected chi connectivity index (χ1v) is 14.2. The average molecular weight is 551 g/mol. The van der Waals surface area contributed by atoms with Gasteiger partial charge >= 0.3 is 0 Å². The normalized spacial score (nSPS) is 11.7. The van der Waals surface area contributed by atoms with Gasteiger partial charge in [-0.3, -0.25) is 15.0 Å². The van der Waals surface area contributed by atoms with Crippen molar-refractivity contribution in [3.63, 3.8) is 0 Å². The van der Waals surface area contributed by atoms with Crippen molar-refractivity contribution in [3.8, 4) is 28.3 Å². The fraction of sp³-hybridized carbons (Fsp3) is 0. The van der Waals surface area contributed by atoms with E-state index in [1.807, 2.05) is 24.4 Å². The Morgan fingerprint density at radius 2 is 1.21 bits per heavy atom. The van der Waals surface area contributed by atoms with E-state index in [-0.39, 0.29) is 0 Å². The van der Waals surface area contributed by atoms with Crippen LogP contribution >= 0.6 is 0 Å². The Hall–Kier alpha value is -6.01. The SMILES string of the molecule is c1cc(-c2nccc(-c3ccncc3)n2)cc(-n2c3ccccc3c3cc4c5ccccc5c5nccnc5c4cc32)c1. The highest BCUT2D eigenvalue weighted by Crippen LogP contribution is 2.40. The number of pyridine rings is 1. The van der Waals surface area contributed by atoms with Crippen LogP contribution in [0.5, 0.6) is 0 Å². The van der Waals surface area contributed by atoms with E-state index in [1.54, 1.807) is 24.8 Å². The first-order valence-electron chi connectivity index (χ1n) is 14.2. The van der Waals surface area contributed by atoms with E-state index in [0.717, 1.165) is 55.3 Å². The molecule has 5 aromatic carbocycles. The lowest BCUT2D eigenvalue weighted by molar-refractivity contribution is 1.15. The van der Waals surface area contributed by atoms with Crippen molar-refractivity contribution < 1.29 is 0 Å². The van der Waals surface area contributed by atoms with E-state index in [2.05, 4.69) is 99.5 Å². The minimum absolute atomic E-state index is 0.676. The van der Waals surface area contributed by atoms with Crippen LogP contribution in [0.1, 0.15) is 0 Å². The summed E-state index contributed by atoms with van der Waals surface area (Å²) >= 11 is 0. The Kier molecular flexibility index (Phi) is 5.10. The predicted molar refractivity (Wildman–Crippen MR) is 173 cm³/mol. The van der Waals surface area contributed by atoms with E-state index < -0.39 is 0 Å². The van der Waals surface area contributed by atoms with Gasteiger partial charge in [0.05, 0.1) is 27.8 Å². The van der Waals surface area contributed by atoms with E-state index in [1.165, 1.54) is 21.5 Å². The van der Waals surface area contributed by atoms with Crippen LogP contribution in [-0.4, -0.2) is 29.5 Å². The fourth-order valence-electron chi connectivity index (χ4n) is 6.33. The first kappa shape index (κ1) is 23.7. The van der Waals surface area contributed by atoms with Crippen molar-refractivity contribution in [2.75, 3.05) is 0 Å². The quantitative estimate of drug-likeness (QED) is 0.206. The molecular formula is C37H22N6. The summed E-state index contributed by atoms with van der Waals surface area (Å²) in [5, 5.41) is 6.94. The third kappa shape index (κ3) is 3.63. The lowest BCUT2D eigenvalue weighted by atomic mass is 9.97. The van der Waals surface area contributed by atoms with E-state index in [4.69, 9.17) is 15.0 Å². The maximum Gasteiger partial charge on any atom is 0.159 e. The number of rotatable bonds is 3. The van der Waals surface area contributed by atoms with Crippen LogP contribution in [-0.2, 0) is 0 Å². The molecule has 0 amide bonds. The summed E-state index contributed by atoms with van der Waals surface area (Å²) in [6.07, 6.45) is 8.92. The van der Waals surface area contributed by atoms with Gasteiger partial charge in [0.1, 0.15) is 0 Å². The van der Waals surface area contributed by atoms with Crippen molar-refractivity contribution in [1.29, 1.82) is 0 Å². The summed E-state index contributed by atoms with van der Waals surface area (Å²) in [6.45, 7) is 0. The molecule has 0 spiro atoms. The minimum atomic E-state index is 0.676. The average Bonchev–Trinajstić information content (AvgIpc) is 3.41. The molecule has 0 saturated heterocycles. The summed E-state index contributed by atoms with van der Waals surface area (Å²) in [4.78, 5) is 23.2. The molecule has 0 aliphatic heterocycles. The molecule has 9 rings (SSSR count). The number of para-hydroxylation sites is 1. The molecule has 0 atom stereocenters. The van der Waals surface area contributed by atoms with Crippen LogP contribution in [0.2, 0.25) is 0 Å². The molecule has 0 N–H and O–H groups in total. The first-order chi connectivity index (χ1) is 21.3. The maximum absolute atomic E-state index is 4.90. The number of aromatic nitrogens is 6. The number of hydrogen-bond acceptors (Lipinski definition) is 5. The highest BCUT2D eigenvalue weighted by Gasteiger charge is 2.17. The molecule has 0 unspecified atom stereocenters. The molecular weight excluding hydrogens is 528 g/mol. The highest BCUT2D eigenvalue weighted by atomic mass is 15.0. The van der Waals surface area contributed by atoms with Crippen LogP contribution in [0.3, 0.4) is 0 Å². The van der Waals surface area contributed by atoms with E-state index >= 15 is 0 Å². The molecule has 0 aliphatic carbocycles. The van der Waals surface area contributed by atoms with Crippen LogP contribution in [0.15, 0.2) is 134 Å². The van der Waals surface area contributed by atoms with Gasteiger partial charge in [0.25, 0.3) is 0 Å². The van der Waals surface area contributed by atoms with Gasteiger partial charge in [0, 0.05) is 69.3 Å². The molecule has 4 heterocycles. The minimum Gasteiger partial charge on any atom is -0.309 e. The Balaban J connectivity index is 1.32. The fourth-order valence-corrected chi connectivity index (χ4v) is 6.33. The van der Waals surface area contributed by atoms with Crippen molar-refractivity contribution in [2.45, 2.75) is 0 Å². The summed E-state index contributed by atoms with van der Waals surface area (Å²) in [5.41, 5.74) is 7.93. The zero-order chi connectivity index (χ0) is 28.3. The second-order valence-corrected chi connectivity index (χ2v) is 10.6. The van der Waals surface area contributed by atoms with Gasteiger partial charge in [-0.25, -0.2) is 9.97 Å². The third-order valence-corrected chi connectivity index (χ3v) is 8.23. The zero-order valence-electron chi connectivity index (χ0n) is 22.9. The molecule has 0 fully saturated rings. The smallest absolute Gasteiger partial charge is 0.159 e. The number of nitrogens with zero attached hydrogens (tertiary/aromatic N) is 6. The maximum atomic E-state index is 4.90. The van der Waals surface area contributed by atoms with Crippen molar-refractivity contribution >= 4 is 54.4 Å². The monoisotopic (exact) mass is 550 g/mol. The zero-order valence-corrected chi connectivity index (χ0v) is 22.9. The van der Waals surface area contributed by atoms with Gasteiger partial charge in [-0.1, -0.05) is 54.6 Å². The van der Waals surface area contributed by atoms with E-state index in [0.29, 0.717) is 5.82 Å². The number of fused-ring (bicyclic) bond motifs is 9. The highest BCUT2D eigenvalue weighted by molar-refractivity contribution is 6.27. The standard InChI is InChI=1S/C37H22N6/c1-2-10-28-26(8-1)29-21-30-27-9-3-4-11-33(27)43(34(30)22-31(29)36-35(28)39-18-19-40-36)25-7-5-6-24(20-25)37-41-17-14-32(42-37)23-12-15-38-16-13-23/h1-22H.